The summed E-state index contributed by atoms with van der Waals surface area (Å²) in [6.07, 6.45) is 5.14. The summed E-state index contributed by atoms with van der Waals surface area (Å²) in [6, 6.07) is 20.9. The highest BCUT2D eigenvalue weighted by Crippen LogP contribution is 2.37. The van der Waals surface area contributed by atoms with Gasteiger partial charge in [0.2, 0.25) is 0 Å². The molecular formula is C28H34N2O4. The third kappa shape index (κ3) is 6.13. The van der Waals surface area contributed by atoms with Gasteiger partial charge in [0.15, 0.2) is 0 Å². The van der Waals surface area contributed by atoms with Crippen LogP contribution in [0.1, 0.15) is 31.4 Å². The number of aromatic nitrogens is 2. The van der Waals surface area contributed by atoms with E-state index >= 15 is 0 Å². The van der Waals surface area contributed by atoms with Gasteiger partial charge in [-0.05, 0) is 43.1 Å². The van der Waals surface area contributed by atoms with Crippen molar-refractivity contribution in [3.8, 4) is 22.4 Å². The number of hydrogen-bond donors (Lipinski definition) is 1. The number of carboxylic acid groups (broad SMARTS) is 1. The Balaban J connectivity index is 1.57. The van der Waals surface area contributed by atoms with Crippen LogP contribution in [0.3, 0.4) is 0 Å². The highest BCUT2D eigenvalue weighted by atomic mass is 16.5. The molecule has 1 fully saturated rings. The molecule has 1 aromatic heterocycles. The topological polar surface area (TPSA) is 73.6 Å². The normalized spacial score (nSPS) is 18.1. The van der Waals surface area contributed by atoms with Gasteiger partial charge in [0.25, 0.3) is 0 Å². The van der Waals surface area contributed by atoms with Crippen LogP contribution in [0.15, 0.2) is 60.7 Å². The van der Waals surface area contributed by atoms with Crippen LogP contribution >= 0.6 is 0 Å². The lowest BCUT2D eigenvalue weighted by Crippen LogP contribution is -2.24. The first-order valence-corrected chi connectivity index (χ1v) is 12.1. The Labute approximate surface area is 201 Å². The number of carbonyl (C=O) groups is 1. The van der Waals surface area contributed by atoms with Gasteiger partial charge in [0.05, 0.1) is 13.2 Å². The summed E-state index contributed by atoms with van der Waals surface area (Å²) in [4.78, 5) is 10.7. The minimum absolute atomic E-state index is 0.208. The average Bonchev–Trinajstić information content (AvgIpc) is 3.22. The van der Waals surface area contributed by atoms with Gasteiger partial charge in [-0.2, -0.15) is 5.10 Å². The van der Waals surface area contributed by atoms with Crippen molar-refractivity contribution in [3.63, 3.8) is 0 Å². The van der Waals surface area contributed by atoms with Crippen LogP contribution in [-0.4, -0.2) is 47.8 Å². The van der Waals surface area contributed by atoms with Gasteiger partial charge in [0.1, 0.15) is 12.3 Å². The highest BCUT2D eigenvalue weighted by molar-refractivity contribution is 5.82. The summed E-state index contributed by atoms with van der Waals surface area (Å²) in [5.74, 6) is 0.0875. The van der Waals surface area contributed by atoms with E-state index < -0.39 is 5.97 Å². The van der Waals surface area contributed by atoms with Crippen LogP contribution in [0, 0.1) is 11.8 Å². The molecule has 6 heteroatoms. The fourth-order valence-electron chi connectivity index (χ4n) is 4.95. The Bertz CT molecular complexity index is 1040. The number of methoxy groups -OCH3 is 1. The van der Waals surface area contributed by atoms with Gasteiger partial charge in [-0.15, -0.1) is 0 Å². The third-order valence-corrected chi connectivity index (χ3v) is 6.69. The highest BCUT2D eigenvalue weighted by Gasteiger charge is 2.26. The van der Waals surface area contributed by atoms with Gasteiger partial charge in [0, 0.05) is 36.9 Å². The van der Waals surface area contributed by atoms with E-state index in [0.717, 1.165) is 49.9 Å². The van der Waals surface area contributed by atoms with Crippen molar-refractivity contribution in [2.75, 3.05) is 26.9 Å². The molecule has 1 N–H and O–H groups in total. The quantitative estimate of drug-likeness (QED) is 0.418. The van der Waals surface area contributed by atoms with Crippen LogP contribution in [-0.2, 0) is 27.2 Å². The van der Waals surface area contributed by atoms with Crippen molar-refractivity contribution in [2.45, 2.75) is 38.6 Å². The summed E-state index contributed by atoms with van der Waals surface area (Å²) < 4.78 is 13.0. The molecule has 3 aromatic rings. The number of aliphatic carboxylic acids is 1. The monoisotopic (exact) mass is 462 g/mol. The molecule has 0 atom stereocenters. The first-order valence-electron chi connectivity index (χ1n) is 12.1. The van der Waals surface area contributed by atoms with Gasteiger partial charge in [-0.25, -0.2) is 4.79 Å². The fourth-order valence-corrected chi connectivity index (χ4v) is 4.95. The predicted octanol–water partition coefficient (Wildman–Crippen LogP) is 5.31. The maximum absolute atomic E-state index is 10.7. The molecule has 1 aliphatic rings. The molecule has 2 aromatic carbocycles. The lowest BCUT2D eigenvalue weighted by atomic mass is 9.82. The van der Waals surface area contributed by atoms with E-state index in [9.17, 15) is 4.79 Å². The molecule has 0 radical (unpaired) electrons. The number of hydrogen-bond acceptors (Lipinski definition) is 4. The van der Waals surface area contributed by atoms with E-state index in [1.807, 2.05) is 12.1 Å². The summed E-state index contributed by atoms with van der Waals surface area (Å²) in [6.45, 7) is 1.86. The van der Waals surface area contributed by atoms with Crippen LogP contribution in [0.2, 0.25) is 0 Å². The molecule has 1 saturated carbocycles. The van der Waals surface area contributed by atoms with E-state index in [-0.39, 0.29) is 6.61 Å². The predicted molar refractivity (Wildman–Crippen MR) is 133 cm³/mol. The Morgan fingerprint density at radius 2 is 1.59 bits per heavy atom. The molecule has 0 spiro atoms. The first-order chi connectivity index (χ1) is 16.7. The average molecular weight is 463 g/mol. The van der Waals surface area contributed by atoms with Crippen molar-refractivity contribution in [3.05, 3.63) is 66.4 Å². The second-order valence-electron chi connectivity index (χ2n) is 9.12. The lowest BCUT2D eigenvalue weighted by Gasteiger charge is -2.28. The second-order valence-corrected chi connectivity index (χ2v) is 9.12. The molecule has 0 bridgehead atoms. The standard InChI is InChI=1S/C28H34N2O4/c1-33-17-16-25-27(23-8-4-2-5-9-23)28(24-10-6-3-7-11-24)29-30(25)18-21-12-14-22(15-13-21)19-34-20-26(31)32/h2-11,21-22H,12-20H2,1H3,(H,31,32). The fraction of sp³-hybridized carbons (Fsp3) is 0.429. The van der Waals surface area contributed by atoms with Crippen LogP contribution in [0.5, 0.6) is 0 Å². The van der Waals surface area contributed by atoms with E-state index in [0.29, 0.717) is 25.0 Å². The van der Waals surface area contributed by atoms with Crippen molar-refractivity contribution in [2.24, 2.45) is 11.8 Å². The second kappa shape index (κ2) is 12.0. The molecular weight excluding hydrogens is 428 g/mol. The Hall–Kier alpha value is -2.96. The van der Waals surface area contributed by atoms with Crippen LogP contribution in [0.4, 0.5) is 0 Å². The van der Waals surface area contributed by atoms with E-state index in [2.05, 4.69) is 53.2 Å². The maximum Gasteiger partial charge on any atom is 0.329 e. The summed E-state index contributed by atoms with van der Waals surface area (Å²) in [7, 11) is 1.74. The molecule has 0 saturated heterocycles. The Kier molecular flexibility index (Phi) is 8.50. The van der Waals surface area contributed by atoms with E-state index in [1.165, 1.54) is 16.8 Å². The molecule has 0 amide bonds. The lowest BCUT2D eigenvalue weighted by molar-refractivity contribution is -0.142. The molecule has 4 rings (SSSR count). The summed E-state index contributed by atoms with van der Waals surface area (Å²) in [5, 5.41) is 13.9. The number of carboxylic acids is 1. The molecule has 1 heterocycles. The zero-order chi connectivity index (χ0) is 23.8. The van der Waals surface area contributed by atoms with Crippen molar-refractivity contribution in [1.29, 1.82) is 0 Å². The molecule has 34 heavy (non-hydrogen) atoms. The van der Waals surface area contributed by atoms with Crippen LogP contribution in [0.25, 0.3) is 22.4 Å². The van der Waals surface area contributed by atoms with Gasteiger partial charge in [-0.1, -0.05) is 60.7 Å². The van der Waals surface area contributed by atoms with E-state index in [1.54, 1.807) is 7.11 Å². The number of ether oxygens (including phenoxy) is 2. The minimum Gasteiger partial charge on any atom is -0.480 e. The molecule has 6 nitrogen and oxygen atoms in total. The summed E-state index contributed by atoms with van der Waals surface area (Å²) in [5.41, 5.74) is 5.74. The minimum atomic E-state index is -0.903. The van der Waals surface area contributed by atoms with Crippen molar-refractivity contribution < 1.29 is 19.4 Å². The third-order valence-electron chi connectivity index (χ3n) is 6.69. The SMILES string of the molecule is COCCc1c(-c2ccccc2)c(-c2ccccc2)nn1CC1CCC(COCC(=O)O)CC1. The Morgan fingerprint density at radius 3 is 2.21 bits per heavy atom. The van der Waals surface area contributed by atoms with Gasteiger partial charge >= 0.3 is 5.97 Å². The number of benzene rings is 2. The zero-order valence-corrected chi connectivity index (χ0v) is 19.9. The van der Waals surface area contributed by atoms with Crippen LogP contribution < -0.4 is 0 Å². The maximum atomic E-state index is 10.7. The van der Waals surface area contributed by atoms with Gasteiger partial charge in [-0.3, -0.25) is 4.68 Å². The molecule has 180 valence electrons. The number of rotatable bonds is 11. The molecule has 0 aliphatic heterocycles. The Morgan fingerprint density at radius 1 is 0.971 bits per heavy atom. The smallest absolute Gasteiger partial charge is 0.329 e. The molecule has 1 aliphatic carbocycles. The largest absolute Gasteiger partial charge is 0.480 e. The van der Waals surface area contributed by atoms with Crippen molar-refractivity contribution >= 4 is 5.97 Å². The summed E-state index contributed by atoms with van der Waals surface area (Å²) >= 11 is 0. The van der Waals surface area contributed by atoms with Gasteiger partial charge < -0.3 is 14.6 Å². The molecule has 0 unspecified atom stereocenters. The first kappa shape index (κ1) is 24.2. The van der Waals surface area contributed by atoms with Crippen molar-refractivity contribution in [1.82, 2.24) is 9.78 Å². The zero-order valence-electron chi connectivity index (χ0n) is 19.9. The number of nitrogens with zero attached hydrogens (tertiary/aromatic N) is 2. The van der Waals surface area contributed by atoms with E-state index in [4.69, 9.17) is 19.7 Å².